The van der Waals surface area contributed by atoms with Gasteiger partial charge in [0, 0.05) is 19.3 Å². The molecule has 0 spiro atoms. The van der Waals surface area contributed by atoms with Crippen LogP contribution in [0.2, 0.25) is 0 Å². The number of nitrogens with one attached hydrogen (secondary N) is 1. The molecule has 2 N–H and O–H groups in total. The zero-order chi connectivity index (χ0) is 9.26. The van der Waals surface area contributed by atoms with Crippen LogP contribution in [0.1, 0.15) is 5.56 Å². The molecular weight excluding hydrogens is 165 g/mol. The molecule has 68 valence electrons. The average Bonchev–Trinajstić information content (AvgIpc) is 2.18. The summed E-state index contributed by atoms with van der Waals surface area (Å²) in [6.45, 7) is 0.599. The molecule has 0 fully saturated rings. The second-order valence-electron chi connectivity index (χ2n) is 3.14. The Morgan fingerprint density at radius 2 is 2.38 bits per heavy atom. The van der Waals surface area contributed by atoms with Gasteiger partial charge in [-0.3, -0.25) is 0 Å². The minimum absolute atomic E-state index is 0.599. The number of hydrogen-bond acceptors (Lipinski definition) is 3. The lowest BCUT2D eigenvalue weighted by Crippen LogP contribution is -2.41. The van der Waals surface area contributed by atoms with Crippen LogP contribution in [-0.4, -0.2) is 25.8 Å². The van der Waals surface area contributed by atoms with Crippen molar-refractivity contribution >= 4 is 18.3 Å². The third-order valence-electron chi connectivity index (χ3n) is 2.34. The minimum atomic E-state index is -0.741. The summed E-state index contributed by atoms with van der Waals surface area (Å²) in [6.07, 6.45) is 0.877. The van der Waals surface area contributed by atoms with Crippen molar-refractivity contribution in [1.82, 2.24) is 0 Å². The maximum Gasteiger partial charge on any atom is 0.491 e. The number of fused-ring (bicyclic) bond motifs is 1. The molecule has 0 saturated heterocycles. The van der Waals surface area contributed by atoms with Gasteiger partial charge in [0.2, 0.25) is 0 Å². The summed E-state index contributed by atoms with van der Waals surface area (Å²) in [5.74, 6) is 0. The fourth-order valence-electron chi connectivity index (χ4n) is 1.59. The molecule has 1 aliphatic heterocycles. The van der Waals surface area contributed by atoms with Crippen LogP contribution in [0.5, 0.6) is 0 Å². The van der Waals surface area contributed by atoms with Crippen LogP contribution in [0.15, 0.2) is 18.2 Å². The van der Waals surface area contributed by atoms with Crippen molar-refractivity contribution in [2.24, 2.45) is 0 Å². The van der Waals surface area contributed by atoms with Gasteiger partial charge in [0.15, 0.2) is 0 Å². The lowest BCUT2D eigenvalue weighted by atomic mass is 9.73. The lowest BCUT2D eigenvalue weighted by Gasteiger charge is -2.19. The van der Waals surface area contributed by atoms with Gasteiger partial charge < -0.3 is 15.0 Å². The maximum atomic E-state index is 9.48. The molecule has 0 saturated carbocycles. The van der Waals surface area contributed by atoms with Crippen LogP contribution in [-0.2, 0) is 11.1 Å². The predicted octanol–water partition coefficient (Wildman–Crippen LogP) is -0.0115. The van der Waals surface area contributed by atoms with Crippen molar-refractivity contribution in [3.05, 3.63) is 23.8 Å². The van der Waals surface area contributed by atoms with E-state index >= 15 is 0 Å². The molecule has 0 amide bonds. The number of benzene rings is 1. The van der Waals surface area contributed by atoms with Gasteiger partial charge in [0.05, 0.1) is 0 Å². The largest absolute Gasteiger partial charge is 0.491 e. The van der Waals surface area contributed by atoms with Gasteiger partial charge in [0.1, 0.15) is 0 Å². The third kappa shape index (κ3) is 1.55. The van der Waals surface area contributed by atoms with Gasteiger partial charge >= 0.3 is 7.12 Å². The van der Waals surface area contributed by atoms with E-state index in [4.69, 9.17) is 4.65 Å². The molecule has 2 rings (SSSR count). The van der Waals surface area contributed by atoms with Gasteiger partial charge in [0.25, 0.3) is 0 Å². The minimum Gasteiger partial charge on any atom is -0.423 e. The normalized spacial score (nSPS) is 15.4. The van der Waals surface area contributed by atoms with Crippen molar-refractivity contribution in [1.29, 1.82) is 0 Å². The Bertz CT molecular complexity index is 316. The molecule has 0 radical (unpaired) electrons. The fourth-order valence-corrected chi connectivity index (χ4v) is 1.59. The summed E-state index contributed by atoms with van der Waals surface area (Å²) in [6, 6.07) is 5.91. The van der Waals surface area contributed by atoms with Crippen LogP contribution >= 0.6 is 0 Å². The first-order chi connectivity index (χ1) is 6.31. The smallest absolute Gasteiger partial charge is 0.423 e. The van der Waals surface area contributed by atoms with E-state index in [-0.39, 0.29) is 0 Å². The van der Waals surface area contributed by atoms with Crippen molar-refractivity contribution < 1.29 is 9.68 Å². The summed E-state index contributed by atoms with van der Waals surface area (Å²) >= 11 is 0. The molecular formula is C9H12BNO2. The Balaban J connectivity index is 2.39. The number of rotatable bonds is 1. The Labute approximate surface area is 77.9 Å². The van der Waals surface area contributed by atoms with E-state index in [0.29, 0.717) is 6.61 Å². The van der Waals surface area contributed by atoms with Crippen molar-refractivity contribution in [3.8, 4) is 0 Å². The van der Waals surface area contributed by atoms with Gasteiger partial charge in [-0.2, -0.15) is 0 Å². The highest BCUT2D eigenvalue weighted by molar-refractivity contribution is 6.60. The van der Waals surface area contributed by atoms with E-state index < -0.39 is 7.12 Å². The van der Waals surface area contributed by atoms with Crippen LogP contribution in [0.4, 0.5) is 5.69 Å². The Morgan fingerprint density at radius 3 is 3.15 bits per heavy atom. The molecule has 1 aliphatic rings. The van der Waals surface area contributed by atoms with Crippen LogP contribution in [0.25, 0.3) is 0 Å². The van der Waals surface area contributed by atoms with E-state index in [0.717, 1.165) is 17.6 Å². The standard InChI is InChI=1S/C9H12BNO2/c1-11-8-2-3-9-7(6-8)4-5-13-10(9)12/h2-3,6,11-12H,4-5H2,1H3. The van der Waals surface area contributed by atoms with Crippen molar-refractivity contribution in [2.45, 2.75) is 6.42 Å². The highest BCUT2D eigenvalue weighted by atomic mass is 16.5. The van der Waals surface area contributed by atoms with Crippen molar-refractivity contribution in [3.63, 3.8) is 0 Å². The van der Waals surface area contributed by atoms with Gasteiger partial charge in [-0.05, 0) is 29.6 Å². The second kappa shape index (κ2) is 3.40. The zero-order valence-electron chi connectivity index (χ0n) is 7.58. The molecule has 0 aromatic heterocycles. The Hall–Kier alpha value is -0.995. The average molecular weight is 177 g/mol. The Morgan fingerprint density at radius 1 is 1.54 bits per heavy atom. The van der Waals surface area contributed by atoms with Gasteiger partial charge in [-0.25, -0.2) is 0 Å². The maximum absolute atomic E-state index is 9.48. The zero-order valence-corrected chi connectivity index (χ0v) is 7.58. The first-order valence-corrected chi connectivity index (χ1v) is 4.41. The molecule has 0 bridgehead atoms. The number of anilines is 1. The van der Waals surface area contributed by atoms with Crippen LogP contribution < -0.4 is 10.8 Å². The quantitative estimate of drug-likeness (QED) is 0.592. The first-order valence-electron chi connectivity index (χ1n) is 4.41. The van der Waals surface area contributed by atoms with Gasteiger partial charge in [-0.1, -0.05) is 6.07 Å². The lowest BCUT2D eigenvalue weighted by molar-refractivity contribution is 0.266. The first kappa shape index (κ1) is 8.60. The number of hydrogen-bond donors (Lipinski definition) is 2. The molecule has 0 unspecified atom stereocenters. The molecule has 1 aromatic rings. The van der Waals surface area contributed by atoms with E-state index in [1.54, 1.807) is 0 Å². The molecule has 13 heavy (non-hydrogen) atoms. The molecule has 1 heterocycles. The third-order valence-corrected chi connectivity index (χ3v) is 2.34. The van der Waals surface area contributed by atoms with E-state index in [2.05, 4.69) is 11.4 Å². The van der Waals surface area contributed by atoms with Crippen LogP contribution in [0, 0.1) is 0 Å². The summed E-state index contributed by atoms with van der Waals surface area (Å²) in [5, 5.41) is 12.6. The predicted molar refractivity (Wildman–Crippen MR) is 53.3 cm³/mol. The summed E-state index contributed by atoms with van der Waals surface area (Å²) < 4.78 is 5.11. The topological polar surface area (TPSA) is 41.5 Å². The highest BCUT2D eigenvalue weighted by Crippen LogP contribution is 2.12. The molecule has 3 nitrogen and oxygen atoms in total. The van der Waals surface area contributed by atoms with Crippen molar-refractivity contribution in [2.75, 3.05) is 19.0 Å². The molecule has 1 aromatic carbocycles. The van der Waals surface area contributed by atoms with E-state index in [9.17, 15) is 5.02 Å². The fraction of sp³-hybridized carbons (Fsp3) is 0.333. The SMILES string of the molecule is CNc1ccc2c(c1)CCOB2O. The summed E-state index contributed by atoms with van der Waals surface area (Å²) in [7, 11) is 1.15. The molecule has 0 atom stereocenters. The van der Waals surface area contributed by atoms with Crippen LogP contribution in [0.3, 0.4) is 0 Å². The Kier molecular flexibility index (Phi) is 2.25. The molecule has 4 heteroatoms. The molecule has 0 aliphatic carbocycles. The summed E-state index contributed by atoms with van der Waals surface area (Å²) in [5.41, 5.74) is 3.14. The summed E-state index contributed by atoms with van der Waals surface area (Å²) in [4.78, 5) is 0. The highest BCUT2D eigenvalue weighted by Gasteiger charge is 2.24. The van der Waals surface area contributed by atoms with E-state index in [1.807, 2.05) is 19.2 Å². The van der Waals surface area contributed by atoms with E-state index in [1.165, 1.54) is 5.56 Å². The monoisotopic (exact) mass is 177 g/mol. The second-order valence-corrected chi connectivity index (χ2v) is 3.14. The van der Waals surface area contributed by atoms with Gasteiger partial charge in [-0.15, -0.1) is 0 Å².